The van der Waals surface area contributed by atoms with E-state index in [1.807, 2.05) is 12.1 Å². The molecule has 0 aliphatic carbocycles. The standard InChI is InChI=1S/C13H19N3OS/c1-4-16(7-13(2,3)17)9-5-6-10-12(11(9)14)15-8-18-10/h5-6,8,17H,4,7,14H2,1-3H3. The number of benzene rings is 1. The van der Waals surface area contributed by atoms with Crippen LogP contribution in [0.4, 0.5) is 11.4 Å². The Labute approximate surface area is 111 Å². The summed E-state index contributed by atoms with van der Waals surface area (Å²) in [5, 5.41) is 9.95. The maximum absolute atomic E-state index is 9.95. The number of rotatable bonds is 4. The molecule has 0 fully saturated rings. The van der Waals surface area contributed by atoms with Gasteiger partial charge in [0.1, 0.15) is 5.52 Å². The second kappa shape index (κ2) is 4.74. The van der Waals surface area contributed by atoms with Crippen molar-refractivity contribution >= 4 is 32.9 Å². The van der Waals surface area contributed by atoms with Crippen LogP contribution in [0.3, 0.4) is 0 Å². The van der Waals surface area contributed by atoms with Crippen molar-refractivity contribution < 1.29 is 5.11 Å². The van der Waals surface area contributed by atoms with Gasteiger partial charge in [-0.3, -0.25) is 0 Å². The van der Waals surface area contributed by atoms with E-state index >= 15 is 0 Å². The van der Waals surface area contributed by atoms with Gasteiger partial charge in [0.05, 0.1) is 27.2 Å². The van der Waals surface area contributed by atoms with Gasteiger partial charge in [0.25, 0.3) is 0 Å². The van der Waals surface area contributed by atoms with Crippen LogP contribution in [-0.4, -0.2) is 28.8 Å². The van der Waals surface area contributed by atoms with E-state index in [1.54, 1.807) is 30.7 Å². The lowest BCUT2D eigenvalue weighted by atomic mass is 10.1. The summed E-state index contributed by atoms with van der Waals surface area (Å²) in [6.07, 6.45) is 0. The minimum atomic E-state index is -0.751. The predicted molar refractivity (Wildman–Crippen MR) is 78.2 cm³/mol. The average Bonchev–Trinajstić information content (AvgIpc) is 2.74. The van der Waals surface area contributed by atoms with Crippen molar-refractivity contribution in [3.05, 3.63) is 17.6 Å². The Hall–Kier alpha value is -1.33. The Balaban J connectivity index is 2.41. The monoisotopic (exact) mass is 265 g/mol. The SMILES string of the molecule is CCN(CC(C)(C)O)c1ccc2scnc2c1N. The van der Waals surface area contributed by atoms with E-state index in [0.717, 1.165) is 22.4 Å². The van der Waals surface area contributed by atoms with Crippen LogP contribution in [0.2, 0.25) is 0 Å². The molecule has 0 saturated carbocycles. The third-order valence-electron chi connectivity index (χ3n) is 2.82. The summed E-state index contributed by atoms with van der Waals surface area (Å²) in [7, 11) is 0. The van der Waals surface area contributed by atoms with Crippen molar-refractivity contribution in [3.63, 3.8) is 0 Å². The summed E-state index contributed by atoms with van der Waals surface area (Å²) in [6, 6.07) is 4.04. The number of nitrogens with two attached hydrogens (primary N) is 1. The van der Waals surface area contributed by atoms with Gasteiger partial charge in [-0.25, -0.2) is 4.98 Å². The maximum atomic E-state index is 9.95. The van der Waals surface area contributed by atoms with E-state index in [1.165, 1.54) is 0 Å². The molecular formula is C13H19N3OS. The Morgan fingerprint density at radius 1 is 1.44 bits per heavy atom. The normalized spacial score (nSPS) is 12.0. The van der Waals surface area contributed by atoms with Gasteiger partial charge < -0.3 is 15.7 Å². The first-order valence-corrected chi connectivity index (χ1v) is 6.89. The summed E-state index contributed by atoms with van der Waals surface area (Å²) in [6.45, 7) is 6.99. The smallest absolute Gasteiger partial charge is 0.106 e. The molecule has 0 saturated heterocycles. The molecule has 0 unspecified atom stereocenters. The van der Waals surface area contributed by atoms with Crippen LogP contribution in [0.15, 0.2) is 17.6 Å². The van der Waals surface area contributed by atoms with Crippen LogP contribution in [-0.2, 0) is 0 Å². The largest absolute Gasteiger partial charge is 0.395 e. The minimum Gasteiger partial charge on any atom is -0.395 e. The Morgan fingerprint density at radius 3 is 2.78 bits per heavy atom. The fourth-order valence-electron chi connectivity index (χ4n) is 2.05. The van der Waals surface area contributed by atoms with Crippen LogP contribution >= 0.6 is 11.3 Å². The Morgan fingerprint density at radius 2 is 2.17 bits per heavy atom. The molecule has 0 radical (unpaired) electrons. The van der Waals surface area contributed by atoms with Gasteiger partial charge in [-0.15, -0.1) is 11.3 Å². The minimum absolute atomic E-state index is 0.545. The number of hydrogen-bond acceptors (Lipinski definition) is 5. The molecule has 1 aromatic heterocycles. The summed E-state index contributed by atoms with van der Waals surface area (Å²) in [4.78, 5) is 6.37. The highest BCUT2D eigenvalue weighted by atomic mass is 32.1. The lowest BCUT2D eigenvalue weighted by molar-refractivity contribution is 0.0876. The van der Waals surface area contributed by atoms with E-state index in [0.29, 0.717) is 12.2 Å². The zero-order valence-electron chi connectivity index (χ0n) is 11.0. The van der Waals surface area contributed by atoms with Gasteiger partial charge in [0, 0.05) is 13.1 Å². The van der Waals surface area contributed by atoms with E-state index in [4.69, 9.17) is 5.73 Å². The van der Waals surface area contributed by atoms with Crippen LogP contribution < -0.4 is 10.6 Å². The number of nitrogen functional groups attached to an aromatic ring is 1. The topological polar surface area (TPSA) is 62.4 Å². The highest BCUT2D eigenvalue weighted by Crippen LogP contribution is 2.32. The molecule has 2 aromatic rings. The Kier molecular flexibility index (Phi) is 3.45. The highest BCUT2D eigenvalue weighted by molar-refractivity contribution is 7.16. The van der Waals surface area contributed by atoms with Crippen LogP contribution in [0, 0.1) is 0 Å². The summed E-state index contributed by atoms with van der Waals surface area (Å²) in [5.74, 6) is 0. The molecule has 98 valence electrons. The zero-order valence-corrected chi connectivity index (χ0v) is 11.8. The van der Waals surface area contributed by atoms with Crippen molar-refractivity contribution in [3.8, 4) is 0 Å². The number of anilines is 2. The fourth-order valence-corrected chi connectivity index (χ4v) is 2.74. The first-order valence-electron chi connectivity index (χ1n) is 6.01. The molecule has 1 heterocycles. The Bertz CT molecular complexity index is 545. The van der Waals surface area contributed by atoms with Crippen molar-refractivity contribution in [2.45, 2.75) is 26.4 Å². The number of aromatic nitrogens is 1. The zero-order chi connectivity index (χ0) is 13.3. The quantitative estimate of drug-likeness (QED) is 0.834. The summed E-state index contributed by atoms with van der Waals surface area (Å²) in [5.41, 5.74) is 9.72. The van der Waals surface area contributed by atoms with Crippen molar-refractivity contribution in [1.82, 2.24) is 4.98 Å². The van der Waals surface area contributed by atoms with Crippen molar-refractivity contribution in [2.75, 3.05) is 23.7 Å². The molecule has 0 amide bonds. The van der Waals surface area contributed by atoms with E-state index in [9.17, 15) is 5.11 Å². The number of aliphatic hydroxyl groups is 1. The number of hydrogen-bond donors (Lipinski definition) is 2. The molecule has 5 heteroatoms. The van der Waals surface area contributed by atoms with Crippen molar-refractivity contribution in [2.24, 2.45) is 0 Å². The third kappa shape index (κ3) is 2.57. The molecule has 0 spiro atoms. The molecular weight excluding hydrogens is 246 g/mol. The van der Waals surface area contributed by atoms with Gasteiger partial charge in [-0.1, -0.05) is 0 Å². The average molecular weight is 265 g/mol. The third-order valence-corrected chi connectivity index (χ3v) is 3.61. The van der Waals surface area contributed by atoms with Gasteiger partial charge in [0.2, 0.25) is 0 Å². The van der Waals surface area contributed by atoms with E-state index < -0.39 is 5.60 Å². The van der Waals surface area contributed by atoms with Gasteiger partial charge in [-0.05, 0) is 32.9 Å². The van der Waals surface area contributed by atoms with Crippen LogP contribution in [0.5, 0.6) is 0 Å². The predicted octanol–water partition coefficient (Wildman–Crippen LogP) is 2.48. The molecule has 18 heavy (non-hydrogen) atoms. The molecule has 1 aromatic carbocycles. The van der Waals surface area contributed by atoms with Gasteiger partial charge in [0.15, 0.2) is 0 Å². The molecule has 3 N–H and O–H groups in total. The second-order valence-electron chi connectivity index (χ2n) is 5.02. The van der Waals surface area contributed by atoms with E-state index in [-0.39, 0.29) is 0 Å². The molecule has 2 rings (SSSR count). The number of thiazole rings is 1. The molecule has 4 nitrogen and oxygen atoms in total. The van der Waals surface area contributed by atoms with Crippen LogP contribution in [0.1, 0.15) is 20.8 Å². The first-order chi connectivity index (χ1) is 8.42. The van der Waals surface area contributed by atoms with Crippen molar-refractivity contribution in [1.29, 1.82) is 0 Å². The summed E-state index contributed by atoms with van der Waals surface area (Å²) >= 11 is 1.58. The number of nitrogens with zero attached hydrogens (tertiary/aromatic N) is 2. The lowest BCUT2D eigenvalue weighted by Crippen LogP contribution is -2.38. The molecule has 0 bridgehead atoms. The maximum Gasteiger partial charge on any atom is 0.106 e. The van der Waals surface area contributed by atoms with E-state index in [2.05, 4.69) is 16.8 Å². The van der Waals surface area contributed by atoms with Crippen LogP contribution in [0.25, 0.3) is 10.2 Å². The molecule has 0 aliphatic rings. The first kappa shape index (κ1) is 13.1. The number of fused-ring (bicyclic) bond motifs is 1. The highest BCUT2D eigenvalue weighted by Gasteiger charge is 2.20. The lowest BCUT2D eigenvalue weighted by Gasteiger charge is -2.30. The number of likely N-dealkylation sites (N-methyl/N-ethyl adjacent to an activating group) is 1. The molecule has 0 aliphatic heterocycles. The fraction of sp³-hybridized carbons (Fsp3) is 0.462. The summed E-state index contributed by atoms with van der Waals surface area (Å²) < 4.78 is 1.09. The second-order valence-corrected chi connectivity index (χ2v) is 5.91. The molecule has 0 atom stereocenters. The van der Waals surface area contributed by atoms with Gasteiger partial charge in [-0.2, -0.15) is 0 Å². The van der Waals surface area contributed by atoms with Gasteiger partial charge >= 0.3 is 0 Å².